The Morgan fingerprint density at radius 3 is 2.47 bits per heavy atom. The van der Waals surface area contributed by atoms with Gasteiger partial charge < -0.3 is 14.6 Å². The van der Waals surface area contributed by atoms with Crippen LogP contribution in [0.25, 0.3) is 11.3 Å². The number of benzene rings is 2. The van der Waals surface area contributed by atoms with Gasteiger partial charge in [-0.15, -0.1) is 21.5 Å². The molecule has 2 aromatic heterocycles. The van der Waals surface area contributed by atoms with Gasteiger partial charge in [-0.25, -0.2) is 4.98 Å². The van der Waals surface area contributed by atoms with Crippen molar-refractivity contribution in [2.45, 2.75) is 58.3 Å². The standard InChI is InChI=1S/C27H31N5O2S2/c1-6-32-23(15-34-21-13-11-20(12-14-21)27(3,4)5)30-31-26(32)36-17-24(33)29-25-28-22(16-35-25)19-9-7-18(2)8-10-19/h7-14,16H,6,15,17H2,1-5H3,(H,28,29,33). The lowest BCUT2D eigenvalue weighted by atomic mass is 9.87. The second-order valence-corrected chi connectivity index (χ2v) is 11.2. The lowest BCUT2D eigenvalue weighted by Gasteiger charge is -2.19. The average Bonchev–Trinajstić information content (AvgIpc) is 3.48. The molecule has 188 valence electrons. The van der Waals surface area contributed by atoms with Crippen molar-refractivity contribution in [2.24, 2.45) is 0 Å². The summed E-state index contributed by atoms with van der Waals surface area (Å²) in [4.78, 5) is 17.1. The van der Waals surface area contributed by atoms with Gasteiger partial charge in [0, 0.05) is 17.5 Å². The highest BCUT2D eigenvalue weighted by atomic mass is 32.2. The Labute approximate surface area is 220 Å². The van der Waals surface area contributed by atoms with Gasteiger partial charge in [-0.2, -0.15) is 0 Å². The first-order valence-electron chi connectivity index (χ1n) is 11.8. The van der Waals surface area contributed by atoms with E-state index >= 15 is 0 Å². The van der Waals surface area contributed by atoms with E-state index in [2.05, 4.69) is 72.5 Å². The van der Waals surface area contributed by atoms with Gasteiger partial charge in [-0.3, -0.25) is 4.79 Å². The summed E-state index contributed by atoms with van der Waals surface area (Å²) < 4.78 is 7.92. The lowest BCUT2D eigenvalue weighted by molar-refractivity contribution is -0.113. The van der Waals surface area contributed by atoms with Gasteiger partial charge in [0.2, 0.25) is 5.91 Å². The summed E-state index contributed by atoms with van der Waals surface area (Å²) in [6, 6.07) is 16.3. The first-order chi connectivity index (χ1) is 17.2. The Bertz CT molecular complexity index is 1310. The van der Waals surface area contributed by atoms with Crippen LogP contribution in [0.4, 0.5) is 5.13 Å². The molecular formula is C27H31N5O2S2. The molecule has 0 aliphatic carbocycles. The molecule has 0 atom stereocenters. The predicted molar refractivity (Wildman–Crippen MR) is 147 cm³/mol. The van der Waals surface area contributed by atoms with Gasteiger partial charge >= 0.3 is 0 Å². The fourth-order valence-electron chi connectivity index (χ4n) is 3.52. The number of thiazole rings is 1. The molecule has 7 nitrogen and oxygen atoms in total. The zero-order valence-electron chi connectivity index (χ0n) is 21.2. The second-order valence-electron chi connectivity index (χ2n) is 9.45. The van der Waals surface area contributed by atoms with E-state index in [1.165, 1.54) is 34.2 Å². The van der Waals surface area contributed by atoms with Crippen molar-refractivity contribution in [3.8, 4) is 17.0 Å². The van der Waals surface area contributed by atoms with Gasteiger partial charge in [0.25, 0.3) is 0 Å². The van der Waals surface area contributed by atoms with Crippen LogP contribution in [0.15, 0.2) is 59.1 Å². The van der Waals surface area contributed by atoms with E-state index < -0.39 is 0 Å². The zero-order valence-corrected chi connectivity index (χ0v) is 22.9. The molecule has 4 aromatic rings. The van der Waals surface area contributed by atoms with Gasteiger partial charge in [-0.1, -0.05) is 74.5 Å². The van der Waals surface area contributed by atoms with Gasteiger partial charge in [0.05, 0.1) is 11.4 Å². The van der Waals surface area contributed by atoms with Gasteiger partial charge in [0.1, 0.15) is 12.4 Å². The minimum atomic E-state index is -0.132. The molecule has 0 spiro atoms. The fourth-order valence-corrected chi connectivity index (χ4v) is 5.08. The number of hydrogen-bond donors (Lipinski definition) is 1. The highest BCUT2D eigenvalue weighted by Gasteiger charge is 2.16. The predicted octanol–water partition coefficient (Wildman–Crippen LogP) is 6.34. The Kier molecular flexibility index (Phi) is 8.11. The first-order valence-corrected chi connectivity index (χ1v) is 13.7. The highest BCUT2D eigenvalue weighted by molar-refractivity contribution is 7.99. The molecule has 9 heteroatoms. The third kappa shape index (κ3) is 6.53. The minimum absolute atomic E-state index is 0.0995. The smallest absolute Gasteiger partial charge is 0.236 e. The van der Waals surface area contributed by atoms with Crippen LogP contribution in [0.3, 0.4) is 0 Å². The van der Waals surface area contributed by atoms with E-state index in [0.717, 1.165) is 22.8 Å². The highest BCUT2D eigenvalue weighted by Crippen LogP contribution is 2.27. The number of carbonyl (C=O) groups excluding carboxylic acids is 1. The molecule has 0 radical (unpaired) electrons. The monoisotopic (exact) mass is 521 g/mol. The molecule has 2 aromatic carbocycles. The average molecular weight is 522 g/mol. The number of nitrogens with zero attached hydrogens (tertiary/aromatic N) is 4. The number of aromatic nitrogens is 4. The van der Waals surface area contributed by atoms with E-state index in [0.29, 0.717) is 23.4 Å². The molecule has 36 heavy (non-hydrogen) atoms. The summed E-state index contributed by atoms with van der Waals surface area (Å²) in [5.41, 5.74) is 4.44. The number of amides is 1. The molecule has 0 saturated heterocycles. The number of aryl methyl sites for hydroxylation is 1. The summed E-state index contributed by atoms with van der Waals surface area (Å²) in [6.45, 7) is 11.6. The number of thioether (sulfide) groups is 1. The lowest BCUT2D eigenvalue weighted by Crippen LogP contribution is -2.14. The zero-order chi connectivity index (χ0) is 25.7. The number of anilines is 1. The van der Waals surface area contributed by atoms with Crippen molar-refractivity contribution in [1.29, 1.82) is 0 Å². The summed E-state index contributed by atoms with van der Waals surface area (Å²) in [5.74, 6) is 1.60. The molecule has 0 fully saturated rings. The van der Waals surface area contributed by atoms with Crippen molar-refractivity contribution in [3.05, 3.63) is 70.9 Å². The van der Waals surface area contributed by atoms with Crippen molar-refractivity contribution in [3.63, 3.8) is 0 Å². The van der Waals surface area contributed by atoms with Crippen molar-refractivity contribution in [2.75, 3.05) is 11.1 Å². The Balaban J connectivity index is 1.31. The molecule has 4 rings (SSSR count). The maximum absolute atomic E-state index is 12.5. The molecule has 0 aliphatic rings. The fraction of sp³-hybridized carbons (Fsp3) is 0.333. The van der Waals surface area contributed by atoms with Crippen LogP contribution in [0, 0.1) is 6.92 Å². The molecule has 0 saturated carbocycles. The van der Waals surface area contributed by atoms with Crippen LogP contribution in [0.2, 0.25) is 0 Å². The quantitative estimate of drug-likeness (QED) is 0.259. The molecule has 0 unspecified atom stereocenters. The van der Waals surface area contributed by atoms with Gasteiger partial charge in [0.15, 0.2) is 16.1 Å². The normalized spacial score (nSPS) is 11.5. The Hall–Kier alpha value is -3.17. The molecule has 1 N–H and O–H groups in total. The van der Waals surface area contributed by atoms with Crippen molar-refractivity contribution in [1.82, 2.24) is 19.7 Å². The topological polar surface area (TPSA) is 81.9 Å². The third-order valence-corrected chi connectivity index (χ3v) is 7.35. The number of ether oxygens (including phenoxy) is 1. The molecule has 0 bridgehead atoms. The van der Waals surface area contributed by atoms with E-state index in [1.807, 2.05) is 41.1 Å². The number of rotatable bonds is 9. The number of hydrogen-bond acceptors (Lipinski definition) is 7. The maximum Gasteiger partial charge on any atom is 0.236 e. The van der Waals surface area contributed by atoms with Crippen LogP contribution < -0.4 is 10.1 Å². The Morgan fingerprint density at radius 2 is 1.81 bits per heavy atom. The van der Waals surface area contributed by atoms with Gasteiger partial charge in [-0.05, 0) is 37.0 Å². The molecule has 2 heterocycles. The number of carbonyl (C=O) groups is 1. The summed E-state index contributed by atoms with van der Waals surface area (Å²) >= 11 is 2.76. The van der Waals surface area contributed by atoms with Crippen LogP contribution in [-0.4, -0.2) is 31.4 Å². The summed E-state index contributed by atoms with van der Waals surface area (Å²) in [7, 11) is 0. The largest absolute Gasteiger partial charge is 0.486 e. The molecular weight excluding hydrogens is 490 g/mol. The van der Waals surface area contributed by atoms with Crippen molar-refractivity contribution < 1.29 is 9.53 Å². The van der Waals surface area contributed by atoms with E-state index in [1.54, 1.807) is 0 Å². The van der Waals surface area contributed by atoms with Crippen molar-refractivity contribution >= 4 is 34.1 Å². The number of nitrogens with one attached hydrogen (secondary N) is 1. The van der Waals surface area contributed by atoms with E-state index in [-0.39, 0.29) is 17.1 Å². The third-order valence-electron chi connectivity index (χ3n) is 5.63. The van der Waals surface area contributed by atoms with Crippen LogP contribution in [-0.2, 0) is 23.4 Å². The first kappa shape index (κ1) is 25.9. The Morgan fingerprint density at radius 1 is 1.08 bits per heavy atom. The minimum Gasteiger partial charge on any atom is -0.486 e. The van der Waals surface area contributed by atoms with E-state index in [9.17, 15) is 4.79 Å². The van der Waals surface area contributed by atoms with Crippen LogP contribution >= 0.6 is 23.1 Å². The maximum atomic E-state index is 12.5. The molecule has 0 aliphatic heterocycles. The second kappa shape index (κ2) is 11.3. The summed E-state index contributed by atoms with van der Waals surface area (Å²) in [6.07, 6.45) is 0. The van der Waals surface area contributed by atoms with E-state index in [4.69, 9.17) is 4.74 Å². The summed E-state index contributed by atoms with van der Waals surface area (Å²) in [5, 5.41) is 14.7. The SMILES string of the molecule is CCn1c(COc2ccc(C(C)(C)C)cc2)nnc1SCC(=O)Nc1nc(-c2ccc(C)cc2)cs1. The van der Waals surface area contributed by atoms with Crippen LogP contribution in [0.5, 0.6) is 5.75 Å². The van der Waals surface area contributed by atoms with Crippen LogP contribution in [0.1, 0.15) is 44.6 Å². The molecule has 1 amide bonds.